The van der Waals surface area contributed by atoms with Gasteiger partial charge in [0.2, 0.25) is 0 Å². The summed E-state index contributed by atoms with van der Waals surface area (Å²) >= 11 is 0.810. The van der Waals surface area contributed by atoms with Gasteiger partial charge in [-0.2, -0.15) is 0 Å². The van der Waals surface area contributed by atoms with E-state index in [-0.39, 0.29) is 28.9 Å². The van der Waals surface area contributed by atoms with Gasteiger partial charge in [-0.1, -0.05) is 0 Å². The minimum absolute atomic E-state index is 0. The number of hydrogen-bond acceptors (Lipinski definition) is 6. The fraction of sp³-hybridized carbons (Fsp3) is 0.312. The number of benzene rings is 1. The molecule has 2 aliphatic heterocycles. The number of nitrogens with two attached hydrogens (primary N) is 1. The molecule has 2 amide bonds. The highest BCUT2D eigenvalue weighted by atomic mass is 35.5. The molecule has 2 fully saturated rings. The van der Waals surface area contributed by atoms with Crippen LogP contribution in [0.2, 0.25) is 0 Å². The Kier molecular flexibility index (Phi) is 6.10. The van der Waals surface area contributed by atoms with Crippen molar-refractivity contribution in [1.82, 2.24) is 5.32 Å². The molecule has 0 bridgehead atoms. The summed E-state index contributed by atoms with van der Waals surface area (Å²) in [5, 5.41) is 11.0. The summed E-state index contributed by atoms with van der Waals surface area (Å²) in [4.78, 5) is 36.7. The van der Waals surface area contributed by atoms with E-state index in [1.165, 1.54) is 12.1 Å². The van der Waals surface area contributed by atoms with Crippen LogP contribution < -0.4 is 16.0 Å². The van der Waals surface area contributed by atoms with E-state index >= 15 is 0 Å². The first-order valence-corrected chi connectivity index (χ1v) is 8.38. The average molecular weight is 384 g/mol. The Labute approximate surface area is 155 Å². The van der Waals surface area contributed by atoms with Crippen LogP contribution in [0.3, 0.4) is 0 Å². The average Bonchev–Trinajstić information content (AvgIpc) is 2.84. The normalized spacial score (nSPS) is 21.9. The summed E-state index contributed by atoms with van der Waals surface area (Å²) < 4.78 is 0. The summed E-state index contributed by atoms with van der Waals surface area (Å²) in [6, 6.07) is 4.84. The molecule has 2 aliphatic rings. The number of piperidine rings is 1. The van der Waals surface area contributed by atoms with Gasteiger partial charge in [0.25, 0.3) is 11.1 Å². The van der Waals surface area contributed by atoms with E-state index in [1.807, 2.05) is 0 Å². The minimum Gasteiger partial charge on any atom is -0.478 e. The second-order valence-corrected chi connectivity index (χ2v) is 6.79. The van der Waals surface area contributed by atoms with Crippen molar-refractivity contribution < 1.29 is 19.5 Å². The molecule has 0 radical (unpaired) electrons. The number of halogens is 1. The highest BCUT2D eigenvalue weighted by Crippen LogP contribution is 2.31. The first kappa shape index (κ1) is 19.3. The molecule has 0 spiro atoms. The molecule has 25 heavy (non-hydrogen) atoms. The number of amides is 2. The molecule has 0 aliphatic carbocycles. The van der Waals surface area contributed by atoms with Crippen molar-refractivity contribution in [2.24, 2.45) is 5.73 Å². The number of anilines is 1. The molecule has 4 N–H and O–H groups in total. The number of thioether (sulfide) groups is 1. The Balaban J connectivity index is 0.00000225. The number of imide groups is 1. The van der Waals surface area contributed by atoms with Crippen LogP contribution in [0, 0.1) is 0 Å². The summed E-state index contributed by atoms with van der Waals surface area (Å²) in [5.74, 6) is -1.51. The number of nitrogens with zero attached hydrogens (tertiary/aromatic N) is 1. The molecule has 9 heteroatoms. The van der Waals surface area contributed by atoms with E-state index in [0.29, 0.717) is 12.1 Å². The molecule has 0 unspecified atom stereocenters. The van der Waals surface area contributed by atoms with E-state index in [2.05, 4.69) is 10.2 Å². The standard InChI is InChI=1S/C16H17N3O4S.ClH/c17-11-2-1-5-19(8-11)12-4-3-9(15(21)22)6-10(12)7-13-14(20)18-16(23)24-13;/h3-4,6-7,11H,1-2,5,8,17H2,(H,21,22)(H,18,20,23);1H/t11-;/m1./s1. The third-order valence-electron chi connectivity index (χ3n) is 4.00. The summed E-state index contributed by atoms with van der Waals surface area (Å²) in [5.41, 5.74) is 7.57. The SMILES string of the molecule is Cl.N[C@@H]1CCCN(c2ccc(C(=O)O)cc2C=C2SC(=O)NC2=O)C1. The third kappa shape index (κ3) is 4.33. The fourth-order valence-corrected chi connectivity index (χ4v) is 3.56. The largest absolute Gasteiger partial charge is 0.478 e. The zero-order valence-corrected chi connectivity index (χ0v) is 14.9. The molecule has 1 aromatic rings. The van der Waals surface area contributed by atoms with Crippen molar-refractivity contribution in [3.63, 3.8) is 0 Å². The zero-order valence-electron chi connectivity index (χ0n) is 13.2. The second-order valence-electron chi connectivity index (χ2n) is 5.78. The van der Waals surface area contributed by atoms with Crippen LogP contribution in [0.15, 0.2) is 23.1 Å². The maximum absolute atomic E-state index is 11.8. The van der Waals surface area contributed by atoms with E-state index in [1.54, 1.807) is 12.1 Å². The third-order valence-corrected chi connectivity index (χ3v) is 4.81. The maximum atomic E-state index is 11.8. The molecular formula is C16H18ClN3O4S. The molecule has 1 aromatic carbocycles. The Bertz CT molecular complexity index is 753. The van der Waals surface area contributed by atoms with Crippen molar-refractivity contribution in [1.29, 1.82) is 0 Å². The van der Waals surface area contributed by atoms with Gasteiger partial charge in [0.05, 0.1) is 10.5 Å². The van der Waals surface area contributed by atoms with Crippen molar-refractivity contribution >= 4 is 53.0 Å². The molecule has 3 rings (SSSR count). The number of carbonyl (C=O) groups is 3. The molecular weight excluding hydrogens is 366 g/mol. The molecule has 2 heterocycles. The predicted molar refractivity (Wildman–Crippen MR) is 99.2 cm³/mol. The van der Waals surface area contributed by atoms with Crippen LogP contribution in [-0.2, 0) is 4.79 Å². The highest BCUT2D eigenvalue weighted by molar-refractivity contribution is 8.18. The number of carboxylic acids is 1. The van der Waals surface area contributed by atoms with Crippen LogP contribution >= 0.6 is 24.2 Å². The lowest BCUT2D eigenvalue weighted by atomic mass is 10.0. The predicted octanol–water partition coefficient (Wildman–Crippen LogP) is 2.06. The van der Waals surface area contributed by atoms with Crippen LogP contribution in [0.25, 0.3) is 6.08 Å². The first-order valence-electron chi connectivity index (χ1n) is 7.57. The molecule has 1 atom stereocenters. The van der Waals surface area contributed by atoms with Crippen molar-refractivity contribution in [3.05, 3.63) is 34.2 Å². The monoisotopic (exact) mass is 383 g/mol. The quantitative estimate of drug-likeness (QED) is 0.684. The highest BCUT2D eigenvalue weighted by Gasteiger charge is 2.26. The smallest absolute Gasteiger partial charge is 0.335 e. The summed E-state index contributed by atoms with van der Waals surface area (Å²) in [6.07, 6.45) is 3.46. The number of rotatable bonds is 3. The lowest BCUT2D eigenvalue weighted by Gasteiger charge is -2.33. The van der Waals surface area contributed by atoms with Gasteiger partial charge in [-0.3, -0.25) is 14.9 Å². The molecule has 2 saturated heterocycles. The number of carbonyl (C=O) groups excluding carboxylic acids is 2. The number of aromatic carboxylic acids is 1. The second kappa shape index (κ2) is 7.90. The summed E-state index contributed by atoms with van der Waals surface area (Å²) in [6.45, 7) is 1.48. The van der Waals surface area contributed by atoms with Crippen molar-refractivity contribution in [2.75, 3.05) is 18.0 Å². The summed E-state index contributed by atoms with van der Waals surface area (Å²) in [7, 11) is 0. The number of hydrogen-bond donors (Lipinski definition) is 3. The minimum atomic E-state index is -1.05. The van der Waals surface area contributed by atoms with Gasteiger partial charge in [0.15, 0.2) is 0 Å². The number of carboxylic acid groups (broad SMARTS) is 1. The van der Waals surface area contributed by atoms with E-state index in [9.17, 15) is 19.5 Å². The van der Waals surface area contributed by atoms with Crippen LogP contribution in [0.1, 0.15) is 28.8 Å². The van der Waals surface area contributed by atoms with Crippen LogP contribution in [-0.4, -0.2) is 41.4 Å². The van der Waals surface area contributed by atoms with Gasteiger partial charge in [-0.25, -0.2) is 4.79 Å². The molecule has 7 nitrogen and oxygen atoms in total. The Morgan fingerprint density at radius 3 is 2.76 bits per heavy atom. The van der Waals surface area contributed by atoms with Crippen LogP contribution in [0.4, 0.5) is 10.5 Å². The van der Waals surface area contributed by atoms with Crippen LogP contribution in [0.5, 0.6) is 0 Å². The van der Waals surface area contributed by atoms with Crippen molar-refractivity contribution in [3.8, 4) is 0 Å². The lowest BCUT2D eigenvalue weighted by Crippen LogP contribution is -2.43. The zero-order chi connectivity index (χ0) is 17.3. The van der Waals surface area contributed by atoms with Gasteiger partial charge in [-0.15, -0.1) is 12.4 Å². The lowest BCUT2D eigenvalue weighted by molar-refractivity contribution is -0.115. The molecule has 0 saturated carbocycles. The Morgan fingerprint density at radius 2 is 2.16 bits per heavy atom. The Morgan fingerprint density at radius 1 is 1.40 bits per heavy atom. The molecule has 134 valence electrons. The maximum Gasteiger partial charge on any atom is 0.335 e. The van der Waals surface area contributed by atoms with E-state index in [0.717, 1.165) is 36.8 Å². The molecule has 0 aromatic heterocycles. The fourth-order valence-electron chi connectivity index (χ4n) is 2.88. The van der Waals surface area contributed by atoms with Gasteiger partial charge in [-0.05, 0) is 54.4 Å². The van der Waals surface area contributed by atoms with Gasteiger partial charge in [0, 0.05) is 24.8 Å². The van der Waals surface area contributed by atoms with Gasteiger partial charge >= 0.3 is 5.97 Å². The van der Waals surface area contributed by atoms with E-state index in [4.69, 9.17) is 5.73 Å². The van der Waals surface area contributed by atoms with Gasteiger partial charge < -0.3 is 15.7 Å². The van der Waals surface area contributed by atoms with Gasteiger partial charge in [0.1, 0.15) is 0 Å². The Hall–Kier alpha value is -2.03. The number of nitrogens with one attached hydrogen (secondary N) is 1. The van der Waals surface area contributed by atoms with E-state index < -0.39 is 17.1 Å². The topological polar surface area (TPSA) is 113 Å². The first-order chi connectivity index (χ1) is 11.4. The van der Waals surface area contributed by atoms with Crippen molar-refractivity contribution in [2.45, 2.75) is 18.9 Å².